The molecule has 0 aliphatic carbocycles. The van der Waals surface area contributed by atoms with Gasteiger partial charge in [0.1, 0.15) is 0 Å². The lowest BCUT2D eigenvalue weighted by atomic mass is 10.0. The van der Waals surface area contributed by atoms with Crippen molar-refractivity contribution in [2.75, 3.05) is 14.2 Å². The van der Waals surface area contributed by atoms with Crippen molar-refractivity contribution in [3.05, 3.63) is 57.0 Å². The van der Waals surface area contributed by atoms with E-state index in [1.807, 2.05) is 12.1 Å². The minimum absolute atomic E-state index is 0.0135. The Morgan fingerprint density at radius 1 is 1.10 bits per heavy atom. The monoisotopic (exact) mass is 368 g/mol. The Kier molecular flexibility index (Phi) is 5.26. The van der Waals surface area contributed by atoms with Gasteiger partial charge in [0, 0.05) is 16.5 Å². The van der Waals surface area contributed by atoms with Gasteiger partial charge in [-0.25, -0.2) is 0 Å². The SMILES string of the molecule is COc1ccc(CC(=O)c2ccc(Cl)c(Br)c2)cc1OC. The number of benzene rings is 2. The molecule has 2 aromatic carbocycles. The summed E-state index contributed by atoms with van der Waals surface area (Å²) in [4.78, 5) is 12.3. The van der Waals surface area contributed by atoms with E-state index in [0.29, 0.717) is 26.6 Å². The van der Waals surface area contributed by atoms with Crippen LogP contribution < -0.4 is 9.47 Å². The second kappa shape index (κ2) is 6.96. The first-order chi connectivity index (χ1) is 10.0. The highest BCUT2D eigenvalue weighted by atomic mass is 79.9. The maximum Gasteiger partial charge on any atom is 0.167 e. The molecule has 110 valence electrons. The van der Waals surface area contributed by atoms with Gasteiger partial charge in [-0.1, -0.05) is 17.7 Å². The Morgan fingerprint density at radius 3 is 2.43 bits per heavy atom. The zero-order valence-corrected chi connectivity index (χ0v) is 14.0. The third-order valence-electron chi connectivity index (χ3n) is 3.05. The number of halogens is 2. The van der Waals surface area contributed by atoms with Crippen LogP contribution in [0.3, 0.4) is 0 Å². The van der Waals surface area contributed by atoms with E-state index >= 15 is 0 Å². The van der Waals surface area contributed by atoms with Crippen molar-refractivity contribution < 1.29 is 14.3 Å². The smallest absolute Gasteiger partial charge is 0.167 e. The Bertz CT molecular complexity index is 671. The molecule has 0 saturated carbocycles. The maximum absolute atomic E-state index is 12.3. The Balaban J connectivity index is 2.21. The van der Waals surface area contributed by atoms with Crippen LogP contribution in [0.4, 0.5) is 0 Å². The molecule has 0 N–H and O–H groups in total. The molecule has 0 heterocycles. The van der Waals surface area contributed by atoms with Gasteiger partial charge in [0.15, 0.2) is 17.3 Å². The molecule has 21 heavy (non-hydrogen) atoms. The number of hydrogen-bond donors (Lipinski definition) is 0. The summed E-state index contributed by atoms with van der Waals surface area (Å²) >= 11 is 9.25. The van der Waals surface area contributed by atoms with Crippen molar-refractivity contribution in [1.82, 2.24) is 0 Å². The highest BCUT2D eigenvalue weighted by Gasteiger charge is 2.11. The molecule has 0 amide bonds. The quantitative estimate of drug-likeness (QED) is 0.726. The van der Waals surface area contributed by atoms with Gasteiger partial charge in [-0.2, -0.15) is 0 Å². The van der Waals surface area contributed by atoms with Crippen LogP contribution in [-0.4, -0.2) is 20.0 Å². The fraction of sp³-hybridized carbons (Fsp3) is 0.188. The topological polar surface area (TPSA) is 35.5 Å². The molecular formula is C16H14BrClO3. The largest absolute Gasteiger partial charge is 0.493 e. The van der Waals surface area contributed by atoms with Crippen LogP contribution in [0.15, 0.2) is 40.9 Å². The summed E-state index contributed by atoms with van der Waals surface area (Å²) in [5.41, 5.74) is 1.48. The van der Waals surface area contributed by atoms with Crippen LogP contribution in [0.2, 0.25) is 5.02 Å². The van der Waals surface area contributed by atoms with E-state index in [1.165, 1.54) is 0 Å². The minimum Gasteiger partial charge on any atom is -0.493 e. The molecule has 2 rings (SSSR count). The number of methoxy groups -OCH3 is 2. The van der Waals surface area contributed by atoms with E-state index in [4.69, 9.17) is 21.1 Å². The number of rotatable bonds is 5. The lowest BCUT2D eigenvalue weighted by Crippen LogP contribution is -2.04. The van der Waals surface area contributed by atoms with E-state index in [-0.39, 0.29) is 12.2 Å². The van der Waals surface area contributed by atoms with Gasteiger partial charge in [-0.05, 0) is 51.8 Å². The van der Waals surface area contributed by atoms with E-state index < -0.39 is 0 Å². The van der Waals surface area contributed by atoms with Crippen molar-refractivity contribution >= 4 is 33.3 Å². The second-order valence-corrected chi connectivity index (χ2v) is 5.68. The van der Waals surface area contributed by atoms with Crippen LogP contribution >= 0.6 is 27.5 Å². The van der Waals surface area contributed by atoms with Crippen molar-refractivity contribution in [2.24, 2.45) is 0 Å². The Hall–Kier alpha value is -1.52. The molecule has 0 atom stereocenters. The summed E-state index contributed by atoms with van der Waals surface area (Å²) < 4.78 is 11.1. The summed E-state index contributed by atoms with van der Waals surface area (Å²) in [5, 5.41) is 0.581. The molecule has 0 unspecified atom stereocenters. The molecule has 0 fully saturated rings. The average molecular weight is 370 g/mol. The summed E-state index contributed by atoms with van der Waals surface area (Å²) in [5.74, 6) is 1.27. The zero-order valence-electron chi connectivity index (χ0n) is 11.7. The van der Waals surface area contributed by atoms with Gasteiger partial charge in [0.25, 0.3) is 0 Å². The second-order valence-electron chi connectivity index (χ2n) is 4.42. The van der Waals surface area contributed by atoms with Crippen molar-refractivity contribution in [3.8, 4) is 11.5 Å². The number of ketones is 1. The van der Waals surface area contributed by atoms with E-state index in [9.17, 15) is 4.79 Å². The van der Waals surface area contributed by atoms with Gasteiger partial charge in [0.05, 0.1) is 19.2 Å². The Morgan fingerprint density at radius 2 is 1.81 bits per heavy atom. The van der Waals surface area contributed by atoms with Gasteiger partial charge in [0.2, 0.25) is 0 Å². The fourth-order valence-corrected chi connectivity index (χ4v) is 2.44. The van der Waals surface area contributed by atoms with Gasteiger partial charge < -0.3 is 9.47 Å². The molecule has 0 spiro atoms. The van der Waals surface area contributed by atoms with Gasteiger partial charge in [-0.15, -0.1) is 0 Å². The fourth-order valence-electron chi connectivity index (χ4n) is 1.95. The number of ether oxygens (including phenoxy) is 2. The van der Waals surface area contributed by atoms with Crippen molar-refractivity contribution in [2.45, 2.75) is 6.42 Å². The first kappa shape index (κ1) is 15.9. The summed E-state index contributed by atoms with van der Waals surface area (Å²) in [6.07, 6.45) is 0.286. The third-order valence-corrected chi connectivity index (χ3v) is 4.27. The molecule has 3 nitrogen and oxygen atoms in total. The molecule has 0 aliphatic rings. The minimum atomic E-state index is 0.0135. The highest BCUT2D eigenvalue weighted by Crippen LogP contribution is 2.28. The van der Waals surface area contributed by atoms with Crippen molar-refractivity contribution in [1.29, 1.82) is 0 Å². The molecule has 0 aliphatic heterocycles. The number of carbonyl (C=O) groups excluding carboxylic acids is 1. The van der Waals surface area contributed by atoms with Crippen LogP contribution in [0.1, 0.15) is 15.9 Å². The van der Waals surface area contributed by atoms with Gasteiger partial charge >= 0.3 is 0 Å². The number of hydrogen-bond acceptors (Lipinski definition) is 3. The van der Waals surface area contributed by atoms with Crippen LogP contribution in [0, 0.1) is 0 Å². The molecule has 0 bridgehead atoms. The Labute approximate surface area is 137 Å². The zero-order chi connectivity index (χ0) is 15.4. The molecule has 0 aromatic heterocycles. The van der Waals surface area contributed by atoms with E-state index in [0.717, 1.165) is 5.56 Å². The van der Waals surface area contributed by atoms with E-state index in [1.54, 1.807) is 38.5 Å². The average Bonchev–Trinajstić information content (AvgIpc) is 2.49. The predicted molar refractivity (Wildman–Crippen MR) is 86.7 cm³/mol. The summed E-state index contributed by atoms with van der Waals surface area (Å²) in [6, 6.07) is 10.6. The molecule has 2 aromatic rings. The summed E-state index contributed by atoms with van der Waals surface area (Å²) in [6.45, 7) is 0. The standard InChI is InChI=1S/C16H14BrClO3/c1-20-15-6-3-10(8-16(15)21-2)7-14(19)11-4-5-13(18)12(17)9-11/h3-6,8-9H,7H2,1-2H3. The van der Waals surface area contributed by atoms with Crippen LogP contribution in [0.25, 0.3) is 0 Å². The highest BCUT2D eigenvalue weighted by molar-refractivity contribution is 9.10. The number of Topliss-reactive ketones (excluding diaryl/α,β-unsaturated/α-hetero) is 1. The van der Waals surface area contributed by atoms with Gasteiger partial charge in [-0.3, -0.25) is 4.79 Å². The lowest BCUT2D eigenvalue weighted by Gasteiger charge is -2.09. The summed E-state index contributed by atoms with van der Waals surface area (Å²) in [7, 11) is 3.15. The molecule has 0 saturated heterocycles. The third kappa shape index (κ3) is 3.77. The predicted octanol–water partition coefficient (Wildman–Crippen LogP) is 4.55. The maximum atomic E-state index is 12.3. The molecule has 5 heteroatoms. The van der Waals surface area contributed by atoms with Crippen LogP contribution in [0.5, 0.6) is 11.5 Å². The van der Waals surface area contributed by atoms with Crippen LogP contribution in [-0.2, 0) is 6.42 Å². The molecule has 0 radical (unpaired) electrons. The first-order valence-corrected chi connectivity index (χ1v) is 7.41. The van der Waals surface area contributed by atoms with E-state index in [2.05, 4.69) is 15.9 Å². The normalized spacial score (nSPS) is 10.3. The lowest BCUT2D eigenvalue weighted by molar-refractivity contribution is 0.0993. The van der Waals surface area contributed by atoms with Crippen molar-refractivity contribution in [3.63, 3.8) is 0 Å². The first-order valence-electron chi connectivity index (χ1n) is 6.24. The molecular weight excluding hydrogens is 356 g/mol. The number of carbonyl (C=O) groups is 1.